The normalized spacial score (nSPS) is 13.7. The maximum atomic E-state index is 12.4. The number of hydrogen-bond acceptors (Lipinski definition) is 4. The van der Waals surface area contributed by atoms with Crippen LogP contribution in [0.15, 0.2) is 30.3 Å². The Morgan fingerprint density at radius 3 is 2.83 bits per heavy atom. The Bertz CT molecular complexity index is 680. The molecule has 0 radical (unpaired) electrons. The monoisotopic (exact) mass is 313 g/mol. The molecule has 1 amide bonds. The Labute approximate surface area is 136 Å². The average Bonchev–Trinajstić information content (AvgIpc) is 2.98. The van der Waals surface area contributed by atoms with Crippen LogP contribution in [-0.4, -0.2) is 35.3 Å². The van der Waals surface area contributed by atoms with Crippen molar-refractivity contribution in [2.24, 2.45) is 5.73 Å². The zero-order chi connectivity index (χ0) is 16.2. The molecule has 3 rings (SSSR count). The van der Waals surface area contributed by atoms with Gasteiger partial charge in [0.25, 0.3) is 5.91 Å². The first-order valence-corrected chi connectivity index (χ1v) is 8.11. The van der Waals surface area contributed by atoms with Gasteiger partial charge in [0, 0.05) is 56.1 Å². The number of aromatic nitrogens is 2. The molecule has 23 heavy (non-hydrogen) atoms. The Morgan fingerprint density at radius 1 is 1.35 bits per heavy atom. The van der Waals surface area contributed by atoms with E-state index < -0.39 is 0 Å². The molecule has 0 fully saturated rings. The van der Waals surface area contributed by atoms with Crippen molar-refractivity contribution in [2.75, 3.05) is 24.5 Å². The summed E-state index contributed by atoms with van der Waals surface area (Å²) in [5, 5.41) is 7.36. The molecular weight excluding hydrogens is 290 g/mol. The van der Waals surface area contributed by atoms with Crippen LogP contribution in [0.5, 0.6) is 0 Å². The van der Waals surface area contributed by atoms with E-state index >= 15 is 0 Å². The van der Waals surface area contributed by atoms with Crippen molar-refractivity contribution in [2.45, 2.75) is 26.4 Å². The fraction of sp³-hybridized carbons (Fsp3) is 0.412. The Balaban J connectivity index is 1.90. The summed E-state index contributed by atoms with van der Waals surface area (Å²) in [6, 6.07) is 10.3. The van der Waals surface area contributed by atoms with Crippen LogP contribution in [0.2, 0.25) is 0 Å². The maximum absolute atomic E-state index is 12.4. The topological polar surface area (TPSA) is 76.2 Å². The summed E-state index contributed by atoms with van der Waals surface area (Å²) < 4.78 is 1.95. The summed E-state index contributed by atoms with van der Waals surface area (Å²) in [7, 11) is 0. The van der Waals surface area contributed by atoms with Gasteiger partial charge in [-0.15, -0.1) is 0 Å². The third-order valence-corrected chi connectivity index (χ3v) is 4.20. The van der Waals surface area contributed by atoms with Gasteiger partial charge >= 0.3 is 0 Å². The number of amides is 1. The molecule has 2 heterocycles. The zero-order valence-corrected chi connectivity index (χ0v) is 13.5. The van der Waals surface area contributed by atoms with Crippen molar-refractivity contribution in [1.82, 2.24) is 15.1 Å². The molecule has 1 aliphatic rings. The summed E-state index contributed by atoms with van der Waals surface area (Å²) in [4.78, 5) is 14.7. The van der Waals surface area contributed by atoms with Crippen molar-refractivity contribution >= 4 is 11.6 Å². The van der Waals surface area contributed by atoms with Crippen LogP contribution in [0.3, 0.4) is 0 Å². The lowest BCUT2D eigenvalue weighted by Gasteiger charge is -2.29. The molecule has 122 valence electrons. The molecule has 1 aromatic carbocycles. The van der Waals surface area contributed by atoms with Crippen LogP contribution in [0.1, 0.15) is 28.7 Å². The standard InChI is InChI=1S/C17H23N5O/c1-2-22-15-8-11-21(13-6-4-3-5-7-13)12-14(15)16(20-22)17(23)19-10-9-18/h3-7H,2,8-12,18H2,1H3,(H,19,23). The number of anilines is 1. The lowest BCUT2D eigenvalue weighted by molar-refractivity contribution is 0.0948. The lowest BCUT2D eigenvalue weighted by Crippen LogP contribution is -2.33. The number of para-hydroxylation sites is 1. The third kappa shape index (κ3) is 3.07. The minimum absolute atomic E-state index is 0.131. The highest BCUT2D eigenvalue weighted by Crippen LogP contribution is 2.26. The van der Waals surface area contributed by atoms with E-state index in [-0.39, 0.29) is 5.91 Å². The van der Waals surface area contributed by atoms with Gasteiger partial charge in [-0.25, -0.2) is 0 Å². The number of rotatable bonds is 5. The lowest BCUT2D eigenvalue weighted by atomic mass is 10.0. The molecule has 0 aliphatic carbocycles. The smallest absolute Gasteiger partial charge is 0.272 e. The number of fused-ring (bicyclic) bond motifs is 1. The molecule has 0 saturated heterocycles. The van der Waals surface area contributed by atoms with Gasteiger partial charge in [-0.1, -0.05) is 18.2 Å². The van der Waals surface area contributed by atoms with E-state index in [0.29, 0.717) is 25.3 Å². The summed E-state index contributed by atoms with van der Waals surface area (Å²) in [5.41, 5.74) is 9.40. The van der Waals surface area contributed by atoms with Crippen LogP contribution in [-0.2, 0) is 19.5 Å². The largest absolute Gasteiger partial charge is 0.367 e. The number of nitrogens with zero attached hydrogens (tertiary/aromatic N) is 3. The first kappa shape index (κ1) is 15.6. The van der Waals surface area contributed by atoms with Gasteiger partial charge in [-0.05, 0) is 19.1 Å². The quantitative estimate of drug-likeness (QED) is 0.868. The molecular formula is C17H23N5O. The van der Waals surface area contributed by atoms with Gasteiger partial charge in [0.05, 0.1) is 0 Å². The van der Waals surface area contributed by atoms with Crippen LogP contribution < -0.4 is 16.0 Å². The number of aryl methyl sites for hydroxylation is 1. The van der Waals surface area contributed by atoms with Gasteiger partial charge in [0.1, 0.15) is 0 Å². The van der Waals surface area contributed by atoms with Crippen molar-refractivity contribution in [3.63, 3.8) is 0 Å². The van der Waals surface area contributed by atoms with E-state index in [1.807, 2.05) is 22.9 Å². The van der Waals surface area contributed by atoms with Crippen molar-refractivity contribution < 1.29 is 4.79 Å². The third-order valence-electron chi connectivity index (χ3n) is 4.20. The Kier molecular flexibility index (Phi) is 4.62. The molecule has 1 aliphatic heterocycles. The molecule has 0 spiro atoms. The van der Waals surface area contributed by atoms with E-state index in [1.54, 1.807) is 0 Å². The summed E-state index contributed by atoms with van der Waals surface area (Å²) in [6.07, 6.45) is 0.898. The van der Waals surface area contributed by atoms with E-state index in [1.165, 1.54) is 11.4 Å². The van der Waals surface area contributed by atoms with E-state index in [0.717, 1.165) is 25.1 Å². The fourth-order valence-corrected chi connectivity index (χ4v) is 3.06. The van der Waals surface area contributed by atoms with E-state index in [2.05, 4.69) is 34.4 Å². The average molecular weight is 313 g/mol. The van der Waals surface area contributed by atoms with Crippen molar-refractivity contribution in [3.8, 4) is 0 Å². The second kappa shape index (κ2) is 6.83. The number of carbonyl (C=O) groups is 1. The highest BCUT2D eigenvalue weighted by Gasteiger charge is 2.27. The highest BCUT2D eigenvalue weighted by atomic mass is 16.1. The number of nitrogens with one attached hydrogen (secondary N) is 1. The maximum Gasteiger partial charge on any atom is 0.272 e. The zero-order valence-electron chi connectivity index (χ0n) is 13.5. The van der Waals surface area contributed by atoms with Gasteiger partial charge in [-0.3, -0.25) is 9.48 Å². The molecule has 6 nitrogen and oxygen atoms in total. The molecule has 6 heteroatoms. The van der Waals surface area contributed by atoms with E-state index in [4.69, 9.17) is 5.73 Å². The van der Waals surface area contributed by atoms with Crippen molar-refractivity contribution in [3.05, 3.63) is 47.3 Å². The van der Waals surface area contributed by atoms with Crippen molar-refractivity contribution in [1.29, 1.82) is 0 Å². The van der Waals surface area contributed by atoms with Gasteiger partial charge in [-0.2, -0.15) is 5.10 Å². The minimum atomic E-state index is -0.131. The minimum Gasteiger partial charge on any atom is -0.367 e. The Hall–Kier alpha value is -2.34. The van der Waals surface area contributed by atoms with Gasteiger partial charge in [0.15, 0.2) is 5.69 Å². The second-order valence-corrected chi connectivity index (χ2v) is 5.64. The second-order valence-electron chi connectivity index (χ2n) is 5.64. The van der Waals surface area contributed by atoms with Crippen LogP contribution in [0, 0.1) is 0 Å². The van der Waals surface area contributed by atoms with Crippen LogP contribution >= 0.6 is 0 Å². The van der Waals surface area contributed by atoms with Gasteiger partial charge in [0.2, 0.25) is 0 Å². The fourth-order valence-electron chi connectivity index (χ4n) is 3.06. The summed E-state index contributed by atoms with van der Waals surface area (Å²) in [6.45, 7) is 5.38. The summed E-state index contributed by atoms with van der Waals surface area (Å²) >= 11 is 0. The van der Waals surface area contributed by atoms with Crippen LogP contribution in [0.4, 0.5) is 5.69 Å². The molecule has 2 aromatic rings. The van der Waals surface area contributed by atoms with Gasteiger partial charge < -0.3 is 16.0 Å². The number of nitrogens with two attached hydrogens (primary N) is 1. The van der Waals surface area contributed by atoms with E-state index in [9.17, 15) is 4.79 Å². The van der Waals surface area contributed by atoms with Crippen LogP contribution in [0.25, 0.3) is 0 Å². The molecule has 0 bridgehead atoms. The highest BCUT2D eigenvalue weighted by molar-refractivity contribution is 5.94. The molecule has 0 saturated carbocycles. The first-order chi connectivity index (χ1) is 11.2. The first-order valence-electron chi connectivity index (χ1n) is 8.11. The molecule has 3 N–H and O–H groups in total. The Morgan fingerprint density at radius 2 is 2.13 bits per heavy atom. The predicted molar refractivity (Wildman–Crippen MR) is 90.5 cm³/mol. The predicted octanol–water partition coefficient (Wildman–Crippen LogP) is 1.15. The molecule has 1 aromatic heterocycles. The SMILES string of the molecule is CCn1nc(C(=O)NCCN)c2c1CCN(c1ccccc1)C2. The number of hydrogen-bond donors (Lipinski definition) is 2. The summed E-state index contributed by atoms with van der Waals surface area (Å²) in [5.74, 6) is -0.131. The molecule has 0 atom stereocenters. The number of carbonyl (C=O) groups excluding carboxylic acids is 1. The molecule has 0 unspecified atom stereocenters. The number of benzene rings is 1.